The first kappa shape index (κ1) is 14.4. The maximum absolute atomic E-state index is 6.15. The van der Waals surface area contributed by atoms with Crippen molar-refractivity contribution in [1.82, 2.24) is 0 Å². The molecule has 0 amide bonds. The largest absolute Gasteiger partial charge is 0.497 e. The van der Waals surface area contributed by atoms with E-state index in [-0.39, 0.29) is 5.11 Å². The molecule has 2 aromatic carbocycles. The number of anilines is 1. The number of thiocarbonyl (C=S) groups is 1. The lowest BCUT2D eigenvalue weighted by atomic mass is 10.3. The van der Waals surface area contributed by atoms with E-state index in [4.69, 9.17) is 39.0 Å². The second-order valence-corrected chi connectivity index (χ2v) is 4.76. The summed E-state index contributed by atoms with van der Waals surface area (Å²) in [4.78, 5) is 0. The van der Waals surface area contributed by atoms with E-state index in [0.29, 0.717) is 22.2 Å². The molecule has 0 radical (unpaired) electrons. The van der Waals surface area contributed by atoms with Crippen molar-refractivity contribution in [2.75, 3.05) is 12.4 Å². The van der Waals surface area contributed by atoms with Gasteiger partial charge in [0.05, 0.1) is 12.1 Å². The highest BCUT2D eigenvalue weighted by Gasteiger charge is 2.05. The molecule has 0 bridgehead atoms. The number of hydrogen-bond acceptors (Lipinski definition) is 3. The molecular formula is C14H13ClN2O2S. The molecule has 0 fully saturated rings. The average Bonchev–Trinajstić information content (AvgIpc) is 2.42. The van der Waals surface area contributed by atoms with Gasteiger partial charge < -0.3 is 20.5 Å². The van der Waals surface area contributed by atoms with E-state index in [2.05, 4.69) is 5.32 Å². The van der Waals surface area contributed by atoms with E-state index in [1.54, 1.807) is 37.4 Å². The molecule has 6 heteroatoms. The van der Waals surface area contributed by atoms with E-state index >= 15 is 0 Å². The number of methoxy groups -OCH3 is 1. The van der Waals surface area contributed by atoms with Gasteiger partial charge in [-0.15, -0.1) is 0 Å². The molecule has 0 aliphatic heterocycles. The number of halogens is 1. The zero-order valence-electron chi connectivity index (χ0n) is 10.7. The molecule has 0 saturated carbocycles. The lowest BCUT2D eigenvalue weighted by molar-refractivity contribution is 0.413. The van der Waals surface area contributed by atoms with Crippen LogP contribution in [0.4, 0.5) is 5.69 Å². The minimum absolute atomic E-state index is 0.185. The Morgan fingerprint density at radius 1 is 1.15 bits per heavy atom. The van der Waals surface area contributed by atoms with Crippen molar-refractivity contribution in [3.8, 4) is 17.2 Å². The van der Waals surface area contributed by atoms with Gasteiger partial charge in [-0.2, -0.15) is 0 Å². The van der Waals surface area contributed by atoms with Crippen LogP contribution in [0.1, 0.15) is 0 Å². The van der Waals surface area contributed by atoms with Crippen molar-refractivity contribution in [2.45, 2.75) is 0 Å². The van der Waals surface area contributed by atoms with E-state index in [1.807, 2.05) is 12.1 Å². The van der Waals surface area contributed by atoms with Crippen molar-refractivity contribution in [3.05, 3.63) is 47.5 Å². The number of rotatable bonds is 4. The van der Waals surface area contributed by atoms with Gasteiger partial charge in [-0.05, 0) is 54.7 Å². The molecule has 0 aromatic heterocycles. The van der Waals surface area contributed by atoms with Gasteiger partial charge in [0, 0.05) is 5.69 Å². The molecule has 0 spiro atoms. The molecule has 3 N–H and O–H groups in total. The smallest absolute Gasteiger partial charge is 0.168 e. The van der Waals surface area contributed by atoms with Gasteiger partial charge in [0.1, 0.15) is 17.2 Å². The minimum Gasteiger partial charge on any atom is -0.497 e. The molecule has 0 atom stereocenters. The van der Waals surface area contributed by atoms with Crippen LogP contribution in [0.2, 0.25) is 5.02 Å². The van der Waals surface area contributed by atoms with Crippen molar-refractivity contribution >= 4 is 34.6 Å². The Hall–Kier alpha value is -1.98. The molecule has 4 nitrogen and oxygen atoms in total. The second kappa shape index (κ2) is 6.45. The monoisotopic (exact) mass is 308 g/mol. The molecule has 0 heterocycles. The van der Waals surface area contributed by atoms with Crippen LogP contribution < -0.4 is 20.5 Å². The summed E-state index contributed by atoms with van der Waals surface area (Å²) >= 11 is 10.9. The molecule has 2 aromatic rings. The van der Waals surface area contributed by atoms with Crippen LogP contribution in [-0.2, 0) is 0 Å². The standard InChI is InChI=1S/C14H13ClN2O2S/c1-18-10-3-5-11(6-4-10)19-13-7-2-9(8-12(13)15)17-14(16)20/h2-8H,1H3,(H3,16,17,20). The first-order valence-electron chi connectivity index (χ1n) is 5.76. The zero-order valence-corrected chi connectivity index (χ0v) is 12.3. The highest BCUT2D eigenvalue weighted by Crippen LogP contribution is 2.32. The molecule has 0 unspecified atom stereocenters. The molecule has 0 saturated heterocycles. The molecular weight excluding hydrogens is 296 g/mol. The predicted molar refractivity (Wildman–Crippen MR) is 84.9 cm³/mol. The van der Waals surface area contributed by atoms with Crippen LogP contribution in [0, 0.1) is 0 Å². The van der Waals surface area contributed by atoms with Crippen molar-refractivity contribution < 1.29 is 9.47 Å². The van der Waals surface area contributed by atoms with Crippen molar-refractivity contribution in [1.29, 1.82) is 0 Å². The quantitative estimate of drug-likeness (QED) is 0.841. The van der Waals surface area contributed by atoms with E-state index in [0.717, 1.165) is 5.75 Å². The van der Waals surface area contributed by atoms with Crippen LogP contribution >= 0.6 is 23.8 Å². The SMILES string of the molecule is COc1ccc(Oc2ccc(NC(N)=S)cc2Cl)cc1. The van der Waals surface area contributed by atoms with Gasteiger partial charge in [-0.1, -0.05) is 11.6 Å². The second-order valence-electron chi connectivity index (χ2n) is 3.91. The van der Waals surface area contributed by atoms with E-state index in [9.17, 15) is 0 Å². The van der Waals surface area contributed by atoms with E-state index < -0.39 is 0 Å². The van der Waals surface area contributed by atoms with Crippen molar-refractivity contribution in [2.24, 2.45) is 5.73 Å². The average molecular weight is 309 g/mol. The highest BCUT2D eigenvalue weighted by atomic mass is 35.5. The van der Waals surface area contributed by atoms with Gasteiger partial charge in [-0.3, -0.25) is 0 Å². The summed E-state index contributed by atoms with van der Waals surface area (Å²) in [5.74, 6) is 1.98. The van der Waals surface area contributed by atoms with Crippen LogP contribution in [0.15, 0.2) is 42.5 Å². The lowest BCUT2D eigenvalue weighted by Crippen LogP contribution is -2.18. The van der Waals surface area contributed by atoms with Crippen LogP contribution in [0.3, 0.4) is 0 Å². The molecule has 0 aliphatic rings. The summed E-state index contributed by atoms with van der Waals surface area (Å²) in [6.45, 7) is 0. The lowest BCUT2D eigenvalue weighted by Gasteiger charge is -2.10. The fraction of sp³-hybridized carbons (Fsp3) is 0.0714. The minimum atomic E-state index is 0.185. The maximum Gasteiger partial charge on any atom is 0.168 e. The number of ether oxygens (including phenoxy) is 2. The molecule has 2 rings (SSSR count). The predicted octanol–water partition coefficient (Wildman–Crippen LogP) is 3.80. The van der Waals surface area contributed by atoms with Crippen LogP contribution in [0.5, 0.6) is 17.2 Å². The fourth-order valence-corrected chi connectivity index (χ4v) is 1.91. The Balaban J connectivity index is 2.14. The fourth-order valence-electron chi connectivity index (χ4n) is 1.57. The Bertz CT molecular complexity index is 617. The number of benzene rings is 2. The van der Waals surface area contributed by atoms with Crippen LogP contribution in [-0.4, -0.2) is 12.2 Å². The van der Waals surface area contributed by atoms with Crippen molar-refractivity contribution in [3.63, 3.8) is 0 Å². The maximum atomic E-state index is 6.15. The first-order valence-corrected chi connectivity index (χ1v) is 6.55. The number of hydrogen-bond donors (Lipinski definition) is 2. The van der Waals surface area contributed by atoms with Gasteiger partial charge >= 0.3 is 0 Å². The highest BCUT2D eigenvalue weighted by molar-refractivity contribution is 7.80. The number of nitrogens with one attached hydrogen (secondary N) is 1. The Morgan fingerprint density at radius 2 is 1.80 bits per heavy atom. The van der Waals surface area contributed by atoms with Gasteiger partial charge in [-0.25, -0.2) is 0 Å². The Morgan fingerprint density at radius 3 is 2.35 bits per heavy atom. The third-order valence-electron chi connectivity index (χ3n) is 2.49. The van der Waals surface area contributed by atoms with Gasteiger partial charge in [0.2, 0.25) is 0 Å². The third kappa shape index (κ3) is 3.76. The summed E-state index contributed by atoms with van der Waals surface area (Å²) < 4.78 is 10.8. The number of nitrogens with two attached hydrogens (primary N) is 1. The molecule has 0 aliphatic carbocycles. The van der Waals surface area contributed by atoms with Crippen LogP contribution in [0.25, 0.3) is 0 Å². The normalized spacial score (nSPS) is 9.90. The summed E-state index contributed by atoms with van der Waals surface area (Å²) in [5, 5.41) is 3.45. The summed E-state index contributed by atoms with van der Waals surface area (Å²) in [6.07, 6.45) is 0. The molecule has 20 heavy (non-hydrogen) atoms. The summed E-state index contributed by atoms with van der Waals surface area (Å²) in [7, 11) is 1.61. The topological polar surface area (TPSA) is 56.5 Å². The summed E-state index contributed by atoms with van der Waals surface area (Å²) in [5.41, 5.74) is 6.11. The first-order chi connectivity index (χ1) is 9.58. The van der Waals surface area contributed by atoms with Gasteiger partial charge in [0.15, 0.2) is 5.11 Å². The third-order valence-corrected chi connectivity index (χ3v) is 2.88. The summed E-state index contributed by atoms with van der Waals surface area (Å²) in [6, 6.07) is 12.4. The zero-order chi connectivity index (χ0) is 14.5. The van der Waals surface area contributed by atoms with Gasteiger partial charge in [0.25, 0.3) is 0 Å². The Labute approximate surface area is 127 Å². The molecule has 104 valence electrons. The van der Waals surface area contributed by atoms with E-state index in [1.165, 1.54) is 0 Å². The Kier molecular flexibility index (Phi) is 4.65.